The zero-order valence-corrected chi connectivity index (χ0v) is 7.84. The van der Waals surface area contributed by atoms with Crippen molar-refractivity contribution < 1.29 is 0 Å². The fourth-order valence-electron chi connectivity index (χ4n) is 3.39. The van der Waals surface area contributed by atoms with Gasteiger partial charge >= 0.3 is 0 Å². The first-order valence-corrected chi connectivity index (χ1v) is 5.36. The van der Waals surface area contributed by atoms with E-state index in [1.54, 1.807) is 12.8 Å². The van der Waals surface area contributed by atoms with Gasteiger partial charge in [-0.05, 0) is 36.5 Å². The molecule has 0 heterocycles. The van der Waals surface area contributed by atoms with Gasteiger partial charge in [-0.15, -0.1) is 0 Å². The summed E-state index contributed by atoms with van der Waals surface area (Å²) in [6.45, 7) is 4.69. The van der Waals surface area contributed by atoms with Crippen molar-refractivity contribution in [3.8, 4) is 0 Å². The molecular weight excluding hydrogens is 132 g/mol. The van der Waals surface area contributed by atoms with Gasteiger partial charge in [-0.2, -0.15) is 0 Å². The Bertz CT molecular complexity index is 137. The highest BCUT2D eigenvalue weighted by Crippen LogP contribution is 2.60. The summed E-state index contributed by atoms with van der Waals surface area (Å²) in [6.07, 6.45) is 7.51. The van der Waals surface area contributed by atoms with Crippen LogP contribution in [0.1, 0.15) is 46.0 Å². The summed E-state index contributed by atoms with van der Waals surface area (Å²) in [4.78, 5) is 0. The van der Waals surface area contributed by atoms with Crippen LogP contribution in [0.25, 0.3) is 0 Å². The lowest BCUT2D eigenvalue weighted by Crippen LogP contribution is -2.51. The Morgan fingerprint density at radius 3 is 2.36 bits per heavy atom. The molecule has 0 amide bonds. The lowest BCUT2D eigenvalue weighted by molar-refractivity contribution is -0.0938. The minimum absolute atomic E-state index is 1.13. The normalized spacial score (nSPS) is 47.5. The Labute approximate surface area is 70.4 Å². The molecule has 64 valence electrons. The monoisotopic (exact) mass is 152 g/mol. The zero-order chi connectivity index (χ0) is 7.84. The lowest BCUT2D eigenvalue weighted by Gasteiger charge is -2.59. The summed E-state index contributed by atoms with van der Waals surface area (Å²) in [6, 6.07) is 0. The van der Waals surface area contributed by atoms with E-state index >= 15 is 0 Å². The first-order valence-electron chi connectivity index (χ1n) is 5.36. The van der Waals surface area contributed by atoms with E-state index in [-0.39, 0.29) is 0 Å². The van der Waals surface area contributed by atoms with E-state index in [0.717, 1.165) is 11.8 Å². The fourth-order valence-corrected chi connectivity index (χ4v) is 3.39. The molecule has 0 aliphatic heterocycles. The molecule has 0 saturated heterocycles. The molecule has 0 aromatic heterocycles. The van der Waals surface area contributed by atoms with Crippen LogP contribution in [0.2, 0.25) is 0 Å². The minimum atomic E-state index is 1.13. The molecule has 0 aromatic rings. The summed E-state index contributed by atoms with van der Waals surface area (Å²) >= 11 is 0. The van der Waals surface area contributed by atoms with Crippen molar-refractivity contribution in [3.05, 3.63) is 0 Å². The van der Waals surface area contributed by atoms with Crippen LogP contribution in [0, 0.1) is 23.7 Å². The van der Waals surface area contributed by atoms with E-state index in [1.807, 2.05) is 0 Å². The van der Waals surface area contributed by atoms with Crippen molar-refractivity contribution in [2.24, 2.45) is 23.7 Å². The maximum atomic E-state index is 2.36. The lowest BCUT2D eigenvalue weighted by atomic mass is 9.46. The van der Waals surface area contributed by atoms with E-state index in [2.05, 4.69) is 13.8 Å². The maximum absolute atomic E-state index is 2.36. The third-order valence-electron chi connectivity index (χ3n) is 4.03. The first kappa shape index (κ1) is 7.64. The van der Waals surface area contributed by atoms with Gasteiger partial charge in [-0.25, -0.2) is 0 Å². The number of rotatable bonds is 3. The third kappa shape index (κ3) is 1.02. The van der Waals surface area contributed by atoms with E-state index in [4.69, 9.17) is 0 Å². The van der Waals surface area contributed by atoms with Gasteiger partial charge < -0.3 is 0 Å². The van der Waals surface area contributed by atoms with Gasteiger partial charge in [0.2, 0.25) is 0 Å². The highest BCUT2D eigenvalue weighted by molar-refractivity contribution is 5.01. The van der Waals surface area contributed by atoms with Crippen LogP contribution in [0.4, 0.5) is 0 Å². The second-order valence-corrected chi connectivity index (χ2v) is 4.53. The van der Waals surface area contributed by atoms with Crippen LogP contribution >= 0.6 is 0 Å². The first-order chi connectivity index (χ1) is 5.36. The van der Waals surface area contributed by atoms with Gasteiger partial charge in [0.05, 0.1) is 0 Å². The predicted molar refractivity (Wildman–Crippen MR) is 48.4 cm³/mol. The van der Waals surface area contributed by atoms with Crippen molar-refractivity contribution in [2.75, 3.05) is 0 Å². The largest absolute Gasteiger partial charge is 0.0654 e. The molecule has 2 saturated carbocycles. The van der Waals surface area contributed by atoms with E-state index in [0.29, 0.717) is 0 Å². The standard InChI is InChI=1S/C11H20/c1-3-5-9-7-10-6-8(4-2)11(9)10/h8-11H,3-7H2,1-2H3. The summed E-state index contributed by atoms with van der Waals surface area (Å²) in [5.74, 6) is 4.63. The molecule has 4 unspecified atom stereocenters. The third-order valence-corrected chi connectivity index (χ3v) is 4.03. The smallest absolute Gasteiger partial charge is 0.0329 e. The van der Waals surface area contributed by atoms with Crippen molar-refractivity contribution >= 4 is 0 Å². The van der Waals surface area contributed by atoms with E-state index in [1.165, 1.54) is 31.1 Å². The van der Waals surface area contributed by atoms with Crippen LogP contribution in [0.3, 0.4) is 0 Å². The van der Waals surface area contributed by atoms with Crippen molar-refractivity contribution in [2.45, 2.75) is 46.0 Å². The summed E-state index contributed by atoms with van der Waals surface area (Å²) < 4.78 is 0. The van der Waals surface area contributed by atoms with E-state index < -0.39 is 0 Å². The topological polar surface area (TPSA) is 0 Å². The van der Waals surface area contributed by atoms with Crippen LogP contribution in [0.5, 0.6) is 0 Å². The fraction of sp³-hybridized carbons (Fsp3) is 1.00. The van der Waals surface area contributed by atoms with Crippen LogP contribution < -0.4 is 0 Å². The molecule has 2 aliphatic carbocycles. The minimum Gasteiger partial charge on any atom is -0.0654 e. The van der Waals surface area contributed by atoms with Gasteiger partial charge in [0, 0.05) is 0 Å². The van der Waals surface area contributed by atoms with Crippen LogP contribution in [-0.2, 0) is 0 Å². The summed E-state index contributed by atoms with van der Waals surface area (Å²) in [7, 11) is 0. The van der Waals surface area contributed by atoms with E-state index in [9.17, 15) is 0 Å². The molecule has 0 heteroatoms. The van der Waals surface area contributed by atoms with Gasteiger partial charge in [0.25, 0.3) is 0 Å². The average Bonchev–Trinajstić information content (AvgIpc) is 1.97. The molecule has 2 aliphatic rings. The average molecular weight is 152 g/mol. The van der Waals surface area contributed by atoms with Crippen molar-refractivity contribution in [1.82, 2.24) is 0 Å². The molecule has 0 spiro atoms. The van der Waals surface area contributed by atoms with Crippen LogP contribution in [0.15, 0.2) is 0 Å². The Morgan fingerprint density at radius 2 is 1.82 bits per heavy atom. The van der Waals surface area contributed by atoms with Gasteiger partial charge in [-0.1, -0.05) is 33.1 Å². The van der Waals surface area contributed by atoms with Gasteiger partial charge in [-0.3, -0.25) is 0 Å². The molecule has 0 bridgehead atoms. The Morgan fingerprint density at radius 1 is 1.09 bits per heavy atom. The van der Waals surface area contributed by atoms with Gasteiger partial charge in [0.15, 0.2) is 0 Å². The number of fused-ring (bicyclic) bond motifs is 1. The number of hydrogen-bond donors (Lipinski definition) is 0. The van der Waals surface area contributed by atoms with Crippen LogP contribution in [-0.4, -0.2) is 0 Å². The molecule has 2 fully saturated rings. The zero-order valence-electron chi connectivity index (χ0n) is 7.84. The SMILES string of the molecule is CCCC1CC2CC(CC)C12. The van der Waals surface area contributed by atoms with Crippen molar-refractivity contribution in [1.29, 1.82) is 0 Å². The molecule has 0 aromatic carbocycles. The van der Waals surface area contributed by atoms with Crippen molar-refractivity contribution in [3.63, 3.8) is 0 Å². The molecule has 0 nitrogen and oxygen atoms in total. The Balaban J connectivity index is 1.81. The Hall–Kier alpha value is 0. The second-order valence-electron chi connectivity index (χ2n) is 4.53. The highest BCUT2D eigenvalue weighted by atomic mass is 14.6. The molecule has 2 rings (SSSR count). The Kier molecular flexibility index (Phi) is 1.95. The maximum Gasteiger partial charge on any atom is -0.0329 e. The molecule has 4 atom stereocenters. The predicted octanol–water partition coefficient (Wildman–Crippen LogP) is 3.47. The van der Waals surface area contributed by atoms with Gasteiger partial charge in [0.1, 0.15) is 0 Å². The molecular formula is C11H20. The summed E-state index contributed by atoms with van der Waals surface area (Å²) in [5, 5.41) is 0. The number of hydrogen-bond acceptors (Lipinski definition) is 0. The molecule has 11 heavy (non-hydrogen) atoms. The quantitative estimate of drug-likeness (QED) is 0.581. The molecule has 0 N–H and O–H groups in total. The molecule has 0 radical (unpaired) electrons. The summed E-state index contributed by atoms with van der Waals surface area (Å²) in [5.41, 5.74) is 0. The second kappa shape index (κ2) is 2.80. The highest BCUT2D eigenvalue weighted by Gasteiger charge is 2.51.